The molecule has 1 aliphatic carbocycles. The quantitative estimate of drug-likeness (QED) is 0.262. The Balaban J connectivity index is 1.26. The lowest BCUT2D eigenvalue weighted by Crippen LogP contribution is -2.52. The van der Waals surface area contributed by atoms with Crippen molar-refractivity contribution in [1.29, 1.82) is 0 Å². The molecule has 2 aliphatic heterocycles. The van der Waals surface area contributed by atoms with Gasteiger partial charge in [0.15, 0.2) is 9.84 Å². The number of carbonyl (C=O) groups is 1. The number of hydrogen-bond acceptors (Lipinski definition) is 6. The lowest BCUT2D eigenvalue weighted by atomic mass is 9.78. The molecule has 3 aromatic carbocycles. The number of piperidine rings is 1. The monoisotopic (exact) mass is 704 g/mol. The fourth-order valence-electron chi connectivity index (χ4n) is 7.53. The van der Waals surface area contributed by atoms with Crippen molar-refractivity contribution in [1.82, 2.24) is 9.21 Å². The number of nitrogens with zero attached hydrogens (tertiary/aromatic N) is 2. The predicted octanol–water partition coefficient (Wildman–Crippen LogP) is 6.24. The molecule has 0 bridgehead atoms. The number of rotatable bonds is 9. The summed E-state index contributed by atoms with van der Waals surface area (Å²) in [6, 6.07) is 18.9. The van der Waals surface area contributed by atoms with Gasteiger partial charge < -0.3 is 9.64 Å². The first-order chi connectivity index (χ1) is 21.9. The van der Waals surface area contributed by atoms with Crippen molar-refractivity contribution in [2.24, 2.45) is 5.92 Å². The molecular formula is C34H38Cl2N2O6S2. The Morgan fingerprint density at radius 2 is 1.61 bits per heavy atom. The third kappa shape index (κ3) is 6.19. The van der Waals surface area contributed by atoms with Gasteiger partial charge in [0.2, 0.25) is 15.9 Å². The molecule has 6 rings (SSSR count). The molecule has 0 saturated carbocycles. The van der Waals surface area contributed by atoms with Crippen LogP contribution in [0.1, 0.15) is 55.2 Å². The standard InChI is InChI=1S/C34H38Cl2N2O6S2/c1-45(40,41)37-19-16-24(17-20-37)10-15-33(39)38-21-18-34(46(42,43)27-6-3-2-4-7-27)29-13-12-26(22-25(29)11-14-32(34)38)44-23-28-30(35)8-5-9-31(28)36/h2-9,12-13,22,24,32H,10-11,14-21,23H2,1H3/t32-,34-/m1/s1. The second kappa shape index (κ2) is 13.1. The predicted molar refractivity (Wildman–Crippen MR) is 179 cm³/mol. The van der Waals surface area contributed by atoms with Crippen molar-refractivity contribution >= 4 is 49.0 Å². The van der Waals surface area contributed by atoms with Gasteiger partial charge in [0.1, 0.15) is 17.1 Å². The lowest BCUT2D eigenvalue weighted by Gasteiger charge is -2.42. The molecule has 2 heterocycles. The van der Waals surface area contributed by atoms with Gasteiger partial charge in [-0.1, -0.05) is 53.5 Å². The van der Waals surface area contributed by atoms with E-state index in [1.54, 1.807) is 59.5 Å². The van der Waals surface area contributed by atoms with Gasteiger partial charge in [-0.2, -0.15) is 0 Å². The first kappa shape index (κ1) is 33.3. The topological polar surface area (TPSA) is 101 Å². The molecule has 2 atom stereocenters. The van der Waals surface area contributed by atoms with Crippen LogP contribution in [0.4, 0.5) is 0 Å². The number of benzene rings is 3. The molecule has 1 amide bonds. The number of aryl methyl sites for hydroxylation is 1. The normalized spacial score (nSPS) is 22.3. The van der Waals surface area contributed by atoms with Gasteiger partial charge in [0.25, 0.3) is 0 Å². The summed E-state index contributed by atoms with van der Waals surface area (Å²) in [5.74, 6) is 0.808. The second-order valence-electron chi connectivity index (χ2n) is 12.5. The smallest absolute Gasteiger partial charge is 0.222 e. The number of likely N-dealkylation sites (tertiary alicyclic amines) is 1. The zero-order chi connectivity index (χ0) is 32.7. The molecule has 8 nitrogen and oxygen atoms in total. The highest BCUT2D eigenvalue weighted by molar-refractivity contribution is 7.92. The zero-order valence-corrected chi connectivity index (χ0v) is 28.8. The molecule has 12 heteroatoms. The summed E-state index contributed by atoms with van der Waals surface area (Å²) < 4.78 is 59.4. The van der Waals surface area contributed by atoms with Crippen LogP contribution in [0.2, 0.25) is 10.0 Å². The molecule has 0 spiro atoms. The van der Waals surface area contributed by atoms with Crippen molar-refractivity contribution in [3.8, 4) is 5.75 Å². The highest BCUT2D eigenvalue weighted by Gasteiger charge is 2.60. The van der Waals surface area contributed by atoms with Crippen molar-refractivity contribution < 1.29 is 26.4 Å². The number of sulfone groups is 1. The van der Waals surface area contributed by atoms with E-state index in [1.807, 2.05) is 12.1 Å². The Morgan fingerprint density at radius 3 is 2.28 bits per heavy atom. The van der Waals surface area contributed by atoms with Gasteiger partial charge in [-0.15, -0.1) is 0 Å². The minimum Gasteiger partial charge on any atom is -0.489 e. The summed E-state index contributed by atoms with van der Waals surface area (Å²) >= 11 is 12.7. The van der Waals surface area contributed by atoms with E-state index in [2.05, 4.69) is 0 Å². The molecule has 2 fully saturated rings. The maximum Gasteiger partial charge on any atom is 0.222 e. The Hall–Kier alpha value is -2.63. The first-order valence-corrected chi connectivity index (χ1v) is 19.7. The molecule has 0 N–H and O–H groups in total. The lowest BCUT2D eigenvalue weighted by molar-refractivity contribution is -0.132. The second-order valence-corrected chi connectivity index (χ2v) is 17.6. The fourth-order valence-corrected chi connectivity index (χ4v) is 11.3. The van der Waals surface area contributed by atoms with E-state index in [0.29, 0.717) is 73.1 Å². The molecule has 0 unspecified atom stereocenters. The zero-order valence-electron chi connectivity index (χ0n) is 25.7. The molecule has 46 heavy (non-hydrogen) atoms. The molecule has 3 aromatic rings. The van der Waals surface area contributed by atoms with Gasteiger partial charge in [-0.3, -0.25) is 4.79 Å². The Morgan fingerprint density at radius 1 is 0.913 bits per heavy atom. The van der Waals surface area contributed by atoms with Gasteiger partial charge in [0.05, 0.1) is 17.2 Å². The van der Waals surface area contributed by atoms with Gasteiger partial charge in [0, 0.05) is 41.7 Å². The Bertz CT molecular complexity index is 1810. The minimum absolute atomic E-state index is 0.0410. The van der Waals surface area contributed by atoms with Crippen LogP contribution in [-0.4, -0.2) is 63.9 Å². The Kier molecular flexibility index (Phi) is 9.48. The minimum atomic E-state index is -3.91. The average Bonchev–Trinajstić information content (AvgIpc) is 3.45. The Labute approximate surface area is 281 Å². The third-order valence-corrected chi connectivity index (χ3v) is 14.5. The molecule has 3 aliphatic rings. The van der Waals surface area contributed by atoms with Gasteiger partial charge in [-0.05, 0) is 92.0 Å². The number of fused-ring (bicyclic) bond motifs is 3. The molecule has 246 valence electrons. The van der Waals surface area contributed by atoms with E-state index in [1.165, 1.54) is 10.6 Å². The van der Waals surface area contributed by atoms with Crippen molar-refractivity contribution in [2.75, 3.05) is 25.9 Å². The highest BCUT2D eigenvalue weighted by Crippen LogP contribution is 2.53. The number of amides is 1. The van der Waals surface area contributed by atoms with Crippen molar-refractivity contribution in [2.45, 2.75) is 67.2 Å². The maximum absolute atomic E-state index is 14.7. The summed E-state index contributed by atoms with van der Waals surface area (Å²) in [7, 11) is -7.12. The molecule has 0 aromatic heterocycles. The molecule has 0 radical (unpaired) electrons. The van der Waals surface area contributed by atoms with Crippen LogP contribution < -0.4 is 4.74 Å². The molecular weight excluding hydrogens is 667 g/mol. The van der Waals surface area contributed by atoms with E-state index in [4.69, 9.17) is 27.9 Å². The SMILES string of the molecule is CS(=O)(=O)N1CCC(CCC(=O)N2CC[C@@]3(S(=O)(=O)c4ccccc4)c4ccc(OCc5c(Cl)cccc5Cl)cc4CC[C@@H]23)CC1. The van der Waals surface area contributed by atoms with E-state index in [0.717, 1.165) is 24.0 Å². The van der Waals surface area contributed by atoms with Gasteiger partial charge in [-0.25, -0.2) is 21.1 Å². The summed E-state index contributed by atoms with van der Waals surface area (Å²) in [5.41, 5.74) is 2.29. The summed E-state index contributed by atoms with van der Waals surface area (Å²) in [6.07, 6.45) is 5.05. The molecule has 2 saturated heterocycles. The van der Waals surface area contributed by atoms with Crippen LogP contribution in [-0.2, 0) is 42.4 Å². The van der Waals surface area contributed by atoms with E-state index in [-0.39, 0.29) is 23.3 Å². The third-order valence-electron chi connectivity index (χ3n) is 9.97. The fraction of sp³-hybridized carbons (Fsp3) is 0.441. The summed E-state index contributed by atoms with van der Waals surface area (Å²) in [5, 5.41) is 1.02. The van der Waals surface area contributed by atoms with Crippen LogP contribution in [0, 0.1) is 5.92 Å². The number of carbonyl (C=O) groups excluding carboxylic acids is 1. The highest BCUT2D eigenvalue weighted by atomic mass is 35.5. The van der Waals surface area contributed by atoms with Gasteiger partial charge >= 0.3 is 0 Å². The van der Waals surface area contributed by atoms with Crippen LogP contribution in [0.3, 0.4) is 0 Å². The van der Waals surface area contributed by atoms with E-state index >= 15 is 0 Å². The van der Waals surface area contributed by atoms with E-state index in [9.17, 15) is 21.6 Å². The summed E-state index contributed by atoms with van der Waals surface area (Å²) in [6.45, 7) is 1.46. The largest absolute Gasteiger partial charge is 0.489 e. The van der Waals surface area contributed by atoms with E-state index < -0.39 is 30.6 Å². The summed E-state index contributed by atoms with van der Waals surface area (Å²) in [4.78, 5) is 15.8. The van der Waals surface area contributed by atoms with Crippen molar-refractivity contribution in [3.05, 3.63) is 93.5 Å². The number of halogens is 2. The first-order valence-electron chi connectivity index (χ1n) is 15.6. The maximum atomic E-state index is 14.7. The van der Waals surface area contributed by atoms with Crippen LogP contribution in [0.15, 0.2) is 71.6 Å². The van der Waals surface area contributed by atoms with Crippen molar-refractivity contribution in [3.63, 3.8) is 0 Å². The van der Waals surface area contributed by atoms with Crippen LogP contribution in [0.25, 0.3) is 0 Å². The van der Waals surface area contributed by atoms with Crippen LogP contribution >= 0.6 is 23.2 Å². The number of hydrogen-bond donors (Lipinski definition) is 0. The number of ether oxygens (including phenoxy) is 1. The van der Waals surface area contributed by atoms with Crippen LogP contribution in [0.5, 0.6) is 5.75 Å². The number of sulfonamides is 1. The average molecular weight is 706 g/mol.